The third-order valence-electron chi connectivity index (χ3n) is 2.51. The van der Waals surface area contributed by atoms with Crippen molar-refractivity contribution in [2.75, 3.05) is 13.6 Å². The fraction of sp³-hybridized carbons (Fsp3) is 0.750. The van der Waals surface area contributed by atoms with Crippen LogP contribution in [0.5, 0.6) is 0 Å². The zero-order chi connectivity index (χ0) is 11.5. The Kier molecular flexibility index (Phi) is 3.91. The van der Waals surface area contributed by atoms with E-state index in [9.17, 15) is 0 Å². The van der Waals surface area contributed by atoms with E-state index in [1.165, 1.54) is 17.7 Å². The molecule has 0 aromatic carbocycles. The molecular formula is C12H23N3. The van der Waals surface area contributed by atoms with E-state index in [4.69, 9.17) is 0 Å². The lowest BCUT2D eigenvalue weighted by atomic mass is 9.89. The first kappa shape index (κ1) is 12.2. The second-order valence-corrected chi connectivity index (χ2v) is 5.26. The van der Waals surface area contributed by atoms with Gasteiger partial charge in [0.1, 0.15) is 0 Å². The molecule has 1 heterocycles. The van der Waals surface area contributed by atoms with Crippen LogP contribution in [0, 0.1) is 0 Å². The Bertz CT molecular complexity index is 296. The molecule has 1 rings (SSSR count). The minimum absolute atomic E-state index is 0.152. The third kappa shape index (κ3) is 3.34. The van der Waals surface area contributed by atoms with Crippen molar-refractivity contribution in [3.63, 3.8) is 0 Å². The highest BCUT2D eigenvalue weighted by Gasteiger charge is 2.20. The van der Waals surface area contributed by atoms with Crippen molar-refractivity contribution in [3.8, 4) is 0 Å². The van der Waals surface area contributed by atoms with Gasteiger partial charge in [0.05, 0.1) is 6.20 Å². The fourth-order valence-electron chi connectivity index (χ4n) is 1.83. The van der Waals surface area contributed by atoms with Gasteiger partial charge >= 0.3 is 0 Å². The SMILES string of the molecule is CCCN(C)Cc1cn[nH]c1C(C)(C)C. The van der Waals surface area contributed by atoms with E-state index < -0.39 is 0 Å². The third-order valence-corrected chi connectivity index (χ3v) is 2.51. The molecule has 0 saturated heterocycles. The van der Waals surface area contributed by atoms with E-state index in [0.717, 1.165) is 13.1 Å². The summed E-state index contributed by atoms with van der Waals surface area (Å²) >= 11 is 0. The van der Waals surface area contributed by atoms with Gasteiger partial charge in [-0.15, -0.1) is 0 Å². The molecule has 0 amide bonds. The number of H-pyrrole nitrogens is 1. The number of aromatic amines is 1. The average Bonchev–Trinajstić information content (AvgIpc) is 2.51. The summed E-state index contributed by atoms with van der Waals surface area (Å²) in [5.41, 5.74) is 2.72. The summed E-state index contributed by atoms with van der Waals surface area (Å²) in [6.45, 7) is 11.0. The highest BCUT2D eigenvalue weighted by Crippen LogP contribution is 2.23. The van der Waals surface area contributed by atoms with Gasteiger partial charge in [-0.2, -0.15) is 5.10 Å². The molecule has 86 valence electrons. The van der Waals surface area contributed by atoms with Crippen LogP contribution >= 0.6 is 0 Å². The van der Waals surface area contributed by atoms with Gasteiger partial charge in [-0.1, -0.05) is 27.7 Å². The predicted octanol–water partition coefficient (Wildman–Crippen LogP) is 2.55. The van der Waals surface area contributed by atoms with Crippen molar-refractivity contribution in [1.82, 2.24) is 15.1 Å². The lowest BCUT2D eigenvalue weighted by Crippen LogP contribution is -2.21. The normalized spacial score (nSPS) is 12.4. The maximum absolute atomic E-state index is 4.15. The Labute approximate surface area is 92.9 Å². The van der Waals surface area contributed by atoms with E-state index in [0.29, 0.717) is 0 Å². The van der Waals surface area contributed by atoms with Crippen LogP contribution in [-0.4, -0.2) is 28.7 Å². The molecule has 0 aliphatic rings. The van der Waals surface area contributed by atoms with E-state index in [-0.39, 0.29) is 5.41 Å². The minimum atomic E-state index is 0.152. The van der Waals surface area contributed by atoms with Crippen LogP contribution in [0.4, 0.5) is 0 Å². The quantitative estimate of drug-likeness (QED) is 0.826. The van der Waals surface area contributed by atoms with Crippen LogP contribution in [0.25, 0.3) is 0 Å². The Hall–Kier alpha value is -0.830. The van der Waals surface area contributed by atoms with Crippen LogP contribution in [0.2, 0.25) is 0 Å². The number of hydrogen-bond donors (Lipinski definition) is 1. The van der Waals surface area contributed by atoms with Crippen LogP contribution in [0.15, 0.2) is 6.20 Å². The van der Waals surface area contributed by atoms with Crippen molar-refractivity contribution in [1.29, 1.82) is 0 Å². The van der Waals surface area contributed by atoms with Gasteiger partial charge in [-0.25, -0.2) is 0 Å². The Balaban J connectivity index is 2.74. The molecule has 0 aliphatic carbocycles. The second-order valence-electron chi connectivity index (χ2n) is 5.26. The van der Waals surface area contributed by atoms with Gasteiger partial charge in [0, 0.05) is 23.2 Å². The standard InChI is InChI=1S/C12H23N3/c1-6-7-15(5)9-10-8-13-14-11(10)12(2,3)4/h8H,6-7,9H2,1-5H3,(H,13,14). The van der Waals surface area contributed by atoms with Gasteiger partial charge in [-0.3, -0.25) is 5.10 Å². The monoisotopic (exact) mass is 209 g/mol. The summed E-state index contributed by atoms with van der Waals surface area (Å²) < 4.78 is 0. The van der Waals surface area contributed by atoms with Gasteiger partial charge < -0.3 is 4.90 Å². The molecule has 0 atom stereocenters. The smallest absolute Gasteiger partial charge is 0.0535 e. The van der Waals surface area contributed by atoms with Gasteiger partial charge in [0.25, 0.3) is 0 Å². The van der Waals surface area contributed by atoms with Gasteiger partial charge in [0.2, 0.25) is 0 Å². The molecule has 0 aliphatic heterocycles. The largest absolute Gasteiger partial charge is 0.302 e. The zero-order valence-electron chi connectivity index (χ0n) is 10.6. The molecule has 3 nitrogen and oxygen atoms in total. The highest BCUT2D eigenvalue weighted by molar-refractivity contribution is 5.23. The lowest BCUT2D eigenvalue weighted by molar-refractivity contribution is 0.324. The van der Waals surface area contributed by atoms with E-state index in [2.05, 4.69) is 49.8 Å². The first-order valence-electron chi connectivity index (χ1n) is 5.66. The molecular weight excluding hydrogens is 186 g/mol. The molecule has 1 aromatic rings. The molecule has 1 aromatic heterocycles. The molecule has 0 radical (unpaired) electrons. The molecule has 1 N–H and O–H groups in total. The Morgan fingerprint density at radius 1 is 1.40 bits per heavy atom. The maximum Gasteiger partial charge on any atom is 0.0535 e. The zero-order valence-corrected chi connectivity index (χ0v) is 10.6. The number of aromatic nitrogens is 2. The molecule has 0 spiro atoms. The Morgan fingerprint density at radius 3 is 2.60 bits per heavy atom. The number of rotatable bonds is 4. The minimum Gasteiger partial charge on any atom is -0.302 e. The molecule has 3 heteroatoms. The van der Waals surface area contributed by atoms with Crippen LogP contribution < -0.4 is 0 Å². The van der Waals surface area contributed by atoms with Crippen molar-refractivity contribution < 1.29 is 0 Å². The topological polar surface area (TPSA) is 31.9 Å². The highest BCUT2D eigenvalue weighted by atomic mass is 15.1. The predicted molar refractivity (Wildman–Crippen MR) is 63.9 cm³/mol. The first-order valence-corrected chi connectivity index (χ1v) is 5.66. The molecule has 0 bridgehead atoms. The van der Waals surface area contributed by atoms with Crippen molar-refractivity contribution >= 4 is 0 Å². The Morgan fingerprint density at radius 2 is 2.07 bits per heavy atom. The van der Waals surface area contributed by atoms with Gasteiger partial charge in [-0.05, 0) is 20.0 Å². The number of hydrogen-bond acceptors (Lipinski definition) is 2. The fourth-order valence-corrected chi connectivity index (χ4v) is 1.83. The molecule has 0 unspecified atom stereocenters. The van der Waals surface area contributed by atoms with Gasteiger partial charge in [0.15, 0.2) is 0 Å². The van der Waals surface area contributed by atoms with Crippen LogP contribution in [0.3, 0.4) is 0 Å². The first-order chi connectivity index (χ1) is 6.95. The molecule has 0 saturated carbocycles. The molecule has 0 fully saturated rings. The average molecular weight is 209 g/mol. The maximum atomic E-state index is 4.15. The van der Waals surface area contributed by atoms with E-state index in [1.807, 2.05) is 6.20 Å². The van der Waals surface area contributed by atoms with Crippen molar-refractivity contribution in [2.24, 2.45) is 0 Å². The summed E-state index contributed by atoms with van der Waals surface area (Å²) in [6, 6.07) is 0. The van der Waals surface area contributed by atoms with Crippen LogP contribution in [-0.2, 0) is 12.0 Å². The lowest BCUT2D eigenvalue weighted by Gasteiger charge is -2.21. The van der Waals surface area contributed by atoms with E-state index in [1.54, 1.807) is 0 Å². The summed E-state index contributed by atoms with van der Waals surface area (Å²) in [7, 11) is 2.16. The second kappa shape index (κ2) is 4.79. The summed E-state index contributed by atoms with van der Waals surface area (Å²) in [5, 5.41) is 7.27. The van der Waals surface area contributed by atoms with Crippen LogP contribution in [0.1, 0.15) is 45.4 Å². The van der Waals surface area contributed by atoms with E-state index >= 15 is 0 Å². The summed E-state index contributed by atoms with van der Waals surface area (Å²) in [5.74, 6) is 0. The molecule has 15 heavy (non-hydrogen) atoms. The number of nitrogens with one attached hydrogen (secondary N) is 1. The summed E-state index contributed by atoms with van der Waals surface area (Å²) in [6.07, 6.45) is 3.14. The summed E-state index contributed by atoms with van der Waals surface area (Å²) in [4.78, 5) is 2.33. The van der Waals surface area contributed by atoms with Crippen molar-refractivity contribution in [2.45, 2.75) is 46.1 Å². The number of nitrogens with zero attached hydrogens (tertiary/aromatic N) is 2. The van der Waals surface area contributed by atoms with Crippen molar-refractivity contribution in [3.05, 3.63) is 17.5 Å².